The molecule has 23 heavy (non-hydrogen) atoms. The van der Waals surface area contributed by atoms with Crippen LogP contribution in [0.15, 0.2) is 27.4 Å². The number of rotatable bonds is 6. The molecule has 0 aliphatic carbocycles. The van der Waals surface area contributed by atoms with Gasteiger partial charge >= 0.3 is 0 Å². The fourth-order valence-corrected chi connectivity index (χ4v) is 2.15. The molecular formula is C16H22N4O3. The Morgan fingerprint density at radius 2 is 1.96 bits per heavy atom. The molecule has 0 bridgehead atoms. The highest BCUT2D eigenvalue weighted by molar-refractivity contribution is 5.76. The van der Waals surface area contributed by atoms with E-state index in [1.165, 1.54) is 6.07 Å². The van der Waals surface area contributed by atoms with Crippen LogP contribution in [0.5, 0.6) is 0 Å². The second kappa shape index (κ2) is 7.21. The van der Waals surface area contributed by atoms with Crippen LogP contribution in [0.25, 0.3) is 0 Å². The van der Waals surface area contributed by atoms with Crippen molar-refractivity contribution in [2.24, 2.45) is 0 Å². The van der Waals surface area contributed by atoms with Gasteiger partial charge in [-0.2, -0.15) is 0 Å². The number of nitrogens with one attached hydrogen (secondary N) is 1. The first-order chi connectivity index (χ1) is 10.9. The molecule has 124 valence electrons. The highest BCUT2D eigenvalue weighted by Crippen LogP contribution is 2.16. The van der Waals surface area contributed by atoms with Crippen molar-refractivity contribution in [1.82, 2.24) is 20.1 Å². The zero-order valence-electron chi connectivity index (χ0n) is 13.9. The molecule has 7 nitrogen and oxygen atoms in total. The first-order valence-corrected chi connectivity index (χ1v) is 7.67. The van der Waals surface area contributed by atoms with E-state index in [-0.39, 0.29) is 29.8 Å². The van der Waals surface area contributed by atoms with Gasteiger partial charge in [-0.1, -0.05) is 19.9 Å². The minimum Gasteiger partial charge on any atom is -0.423 e. The Morgan fingerprint density at radius 1 is 1.26 bits per heavy atom. The summed E-state index contributed by atoms with van der Waals surface area (Å²) in [5, 5.41) is 10.7. The van der Waals surface area contributed by atoms with Crippen LogP contribution in [0.2, 0.25) is 0 Å². The topological polar surface area (TPSA) is 90.0 Å². The van der Waals surface area contributed by atoms with Crippen molar-refractivity contribution in [3.8, 4) is 0 Å². The normalized spacial score (nSPS) is 12.4. The Morgan fingerprint density at radius 3 is 2.57 bits per heavy atom. The molecular weight excluding hydrogens is 296 g/mol. The number of carbonyl (C=O) groups excluding carboxylic acids is 1. The summed E-state index contributed by atoms with van der Waals surface area (Å²) < 4.78 is 7.09. The molecule has 1 amide bonds. The Labute approximate surface area is 134 Å². The fourth-order valence-electron chi connectivity index (χ4n) is 2.15. The first-order valence-electron chi connectivity index (χ1n) is 7.67. The van der Waals surface area contributed by atoms with Gasteiger partial charge in [0.15, 0.2) is 0 Å². The van der Waals surface area contributed by atoms with Gasteiger partial charge in [0.1, 0.15) is 6.04 Å². The summed E-state index contributed by atoms with van der Waals surface area (Å²) in [4.78, 5) is 23.8. The van der Waals surface area contributed by atoms with Crippen molar-refractivity contribution in [2.45, 2.75) is 52.6 Å². The maximum absolute atomic E-state index is 12.0. The molecule has 0 radical (unpaired) electrons. The number of carbonyl (C=O) groups is 1. The molecule has 0 spiro atoms. The van der Waals surface area contributed by atoms with Crippen LogP contribution in [0.4, 0.5) is 0 Å². The second-order valence-corrected chi connectivity index (χ2v) is 5.83. The zero-order chi connectivity index (χ0) is 17.0. The average molecular weight is 318 g/mol. The van der Waals surface area contributed by atoms with Crippen LogP contribution in [-0.2, 0) is 11.3 Å². The van der Waals surface area contributed by atoms with Gasteiger partial charge in [0.25, 0.3) is 5.56 Å². The van der Waals surface area contributed by atoms with Crippen molar-refractivity contribution in [3.63, 3.8) is 0 Å². The second-order valence-electron chi connectivity index (χ2n) is 5.83. The van der Waals surface area contributed by atoms with E-state index in [1.54, 1.807) is 17.6 Å². The molecule has 0 fully saturated rings. The number of hydrogen-bond acceptors (Lipinski definition) is 5. The lowest BCUT2D eigenvalue weighted by atomic mass is 10.2. The zero-order valence-corrected chi connectivity index (χ0v) is 13.9. The molecule has 2 aromatic rings. The highest BCUT2D eigenvalue weighted by Gasteiger charge is 2.17. The molecule has 0 aliphatic rings. The molecule has 1 atom stereocenters. The molecule has 0 saturated heterocycles. The van der Waals surface area contributed by atoms with Crippen molar-refractivity contribution < 1.29 is 9.21 Å². The summed E-state index contributed by atoms with van der Waals surface area (Å²) in [6.07, 6.45) is 0.209. The van der Waals surface area contributed by atoms with E-state index in [4.69, 9.17) is 4.42 Å². The maximum Gasteiger partial charge on any atom is 0.250 e. The monoisotopic (exact) mass is 318 g/mol. The van der Waals surface area contributed by atoms with Gasteiger partial charge in [0.2, 0.25) is 17.7 Å². The molecule has 0 saturated carbocycles. The third kappa shape index (κ3) is 4.28. The van der Waals surface area contributed by atoms with E-state index in [2.05, 4.69) is 15.5 Å². The SMILES string of the molecule is Cc1cccc(=O)n1CCC(=O)N[C@H](C)c1nnc(C(C)C)o1. The quantitative estimate of drug-likeness (QED) is 0.879. The number of amides is 1. The lowest BCUT2D eigenvalue weighted by Gasteiger charge is -2.12. The molecule has 2 aromatic heterocycles. The predicted octanol–water partition coefficient (Wildman–Crippen LogP) is 1.93. The third-order valence-corrected chi connectivity index (χ3v) is 3.53. The smallest absolute Gasteiger partial charge is 0.250 e. The summed E-state index contributed by atoms with van der Waals surface area (Å²) in [7, 11) is 0. The average Bonchev–Trinajstić information content (AvgIpc) is 2.96. The van der Waals surface area contributed by atoms with Crippen LogP contribution in [0.1, 0.15) is 56.6 Å². The van der Waals surface area contributed by atoms with Gasteiger partial charge in [0.05, 0.1) is 0 Å². The van der Waals surface area contributed by atoms with Crippen LogP contribution >= 0.6 is 0 Å². The Kier molecular flexibility index (Phi) is 5.31. The number of aryl methyl sites for hydroxylation is 1. The van der Waals surface area contributed by atoms with Crippen molar-refractivity contribution in [3.05, 3.63) is 46.0 Å². The van der Waals surface area contributed by atoms with Gasteiger partial charge in [0, 0.05) is 30.6 Å². The summed E-state index contributed by atoms with van der Waals surface area (Å²) in [6.45, 7) is 7.88. The summed E-state index contributed by atoms with van der Waals surface area (Å²) in [5.41, 5.74) is 0.723. The van der Waals surface area contributed by atoms with E-state index < -0.39 is 0 Å². The Balaban J connectivity index is 1.92. The summed E-state index contributed by atoms with van der Waals surface area (Å²) >= 11 is 0. The van der Waals surface area contributed by atoms with Gasteiger partial charge in [-0.15, -0.1) is 10.2 Å². The van der Waals surface area contributed by atoms with Crippen molar-refractivity contribution in [2.75, 3.05) is 0 Å². The lowest BCUT2D eigenvalue weighted by molar-refractivity contribution is -0.122. The minimum absolute atomic E-state index is 0.107. The molecule has 1 N–H and O–H groups in total. The molecule has 2 rings (SSSR count). The molecule has 0 unspecified atom stereocenters. The predicted molar refractivity (Wildman–Crippen MR) is 85.0 cm³/mol. The summed E-state index contributed by atoms with van der Waals surface area (Å²) in [6, 6.07) is 4.67. The van der Waals surface area contributed by atoms with E-state index in [0.717, 1.165) is 5.69 Å². The first kappa shape index (κ1) is 16.9. The van der Waals surface area contributed by atoms with Gasteiger partial charge in [-0.05, 0) is 19.9 Å². The van der Waals surface area contributed by atoms with Gasteiger partial charge < -0.3 is 14.3 Å². The largest absolute Gasteiger partial charge is 0.423 e. The minimum atomic E-state index is -0.365. The van der Waals surface area contributed by atoms with E-state index >= 15 is 0 Å². The number of aromatic nitrogens is 3. The van der Waals surface area contributed by atoms with Gasteiger partial charge in [-0.3, -0.25) is 9.59 Å². The van der Waals surface area contributed by atoms with Crippen LogP contribution in [-0.4, -0.2) is 20.7 Å². The van der Waals surface area contributed by atoms with Crippen LogP contribution in [0.3, 0.4) is 0 Å². The van der Waals surface area contributed by atoms with Crippen LogP contribution < -0.4 is 10.9 Å². The highest BCUT2D eigenvalue weighted by atomic mass is 16.4. The molecule has 0 aliphatic heterocycles. The number of pyridine rings is 1. The summed E-state index contributed by atoms with van der Waals surface area (Å²) in [5.74, 6) is 0.909. The van der Waals surface area contributed by atoms with Crippen LogP contribution in [0, 0.1) is 6.92 Å². The van der Waals surface area contributed by atoms with E-state index in [0.29, 0.717) is 18.3 Å². The van der Waals surface area contributed by atoms with Crippen molar-refractivity contribution in [1.29, 1.82) is 0 Å². The number of nitrogens with zero attached hydrogens (tertiary/aromatic N) is 3. The maximum atomic E-state index is 12.0. The fraction of sp³-hybridized carbons (Fsp3) is 0.500. The Hall–Kier alpha value is -2.44. The number of hydrogen-bond donors (Lipinski definition) is 1. The standard InChI is InChI=1S/C16H22N4O3/c1-10(2)15-18-19-16(23-15)12(4)17-13(21)8-9-20-11(3)6-5-7-14(20)22/h5-7,10,12H,8-9H2,1-4H3,(H,17,21)/t12-/m1/s1. The Bertz CT molecular complexity index is 733. The molecule has 7 heteroatoms. The van der Waals surface area contributed by atoms with E-state index in [9.17, 15) is 9.59 Å². The third-order valence-electron chi connectivity index (χ3n) is 3.53. The molecule has 0 aromatic carbocycles. The van der Waals surface area contributed by atoms with Gasteiger partial charge in [-0.25, -0.2) is 0 Å². The van der Waals surface area contributed by atoms with E-state index in [1.807, 2.05) is 26.8 Å². The van der Waals surface area contributed by atoms with Crippen molar-refractivity contribution >= 4 is 5.91 Å². The lowest BCUT2D eigenvalue weighted by Crippen LogP contribution is -2.30. The molecule has 2 heterocycles.